The van der Waals surface area contributed by atoms with Gasteiger partial charge in [0.15, 0.2) is 0 Å². The number of hydrogen-bond acceptors (Lipinski definition) is 2. The summed E-state index contributed by atoms with van der Waals surface area (Å²) in [6, 6.07) is 59.2. The van der Waals surface area contributed by atoms with Crippen LogP contribution >= 0.6 is 11.3 Å². The number of fused-ring (bicyclic) bond motifs is 4. The van der Waals surface area contributed by atoms with E-state index >= 15 is 0 Å². The summed E-state index contributed by atoms with van der Waals surface area (Å²) in [5, 5.41) is 3.75. The lowest BCUT2D eigenvalue weighted by Gasteiger charge is -2.10. The third-order valence-corrected chi connectivity index (χ3v) is 10.2. The molecule has 7 aromatic carbocycles. The average Bonchev–Trinajstić information content (AvgIpc) is 3.77. The van der Waals surface area contributed by atoms with E-state index in [0.717, 1.165) is 11.0 Å². The molecule has 0 amide bonds. The number of hydrogen-bond donors (Lipinski definition) is 0. The summed E-state index contributed by atoms with van der Waals surface area (Å²) in [7, 11) is 0. The molecule has 0 saturated carbocycles. The molecule has 0 unspecified atom stereocenters. The van der Waals surface area contributed by atoms with Crippen molar-refractivity contribution in [3.05, 3.63) is 170 Å². The fraction of sp³-hybridized carbons (Fsp3) is 0. The van der Waals surface area contributed by atoms with E-state index in [0.29, 0.717) is 0 Å². The average molecular weight is 605 g/mol. The standard InChI is InChI=1S/C44H28OS/c1-2-8-29(9-3-1)30-18-20-31(21-19-30)34-22-23-43-41(28-34)40-16-6-15-38(44(40)46-43)36-13-5-11-33(27-36)32-10-4-12-35(26-32)37-14-7-17-42-39(37)24-25-45-42/h1-28H. The lowest BCUT2D eigenvalue weighted by molar-refractivity contribution is 0.616. The van der Waals surface area contributed by atoms with Crippen molar-refractivity contribution in [1.82, 2.24) is 0 Å². The Balaban J connectivity index is 1.08. The van der Waals surface area contributed by atoms with Gasteiger partial charge in [-0.3, -0.25) is 0 Å². The first kappa shape index (κ1) is 26.7. The van der Waals surface area contributed by atoms with Gasteiger partial charge in [0.2, 0.25) is 0 Å². The van der Waals surface area contributed by atoms with E-state index < -0.39 is 0 Å². The van der Waals surface area contributed by atoms with Crippen LogP contribution < -0.4 is 0 Å². The summed E-state index contributed by atoms with van der Waals surface area (Å²) in [6.45, 7) is 0. The lowest BCUT2D eigenvalue weighted by Crippen LogP contribution is -1.84. The topological polar surface area (TPSA) is 13.1 Å². The molecule has 9 aromatic rings. The Morgan fingerprint density at radius 1 is 0.348 bits per heavy atom. The molecule has 9 rings (SSSR count). The largest absolute Gasteiger partial charge is 0.464 e. The maximum atomic E-state index is 5.67. The Labute approximate surface area is 271 Å². The van der Waals surface area contributed by atoms with Crippen molar-refractivity contribution < 1.29 is 4.42 Å². The summed E-state index contributed by atoms with van der Waals surface area (Å²) in [4.78, 5) is 0. The molecule has 0 radical (unpaired) electrons. The van der Waals surface area contributed by atoms with Gasteiger partial charge in [-0.05, 0) is 92.0 Å². The van der Waals surface area contributed by atoms with Crippen LogP contribution in [0.1, 0.15) is 0 Å². The number of furan rings is 1. The highest BCUT2D eigenvalue weighted by molar-refractivity contribution is 7.26. The van der Waals surface area contributed by atoms with Gasteiger partial charge in [-0.25, -0.2) is 0 Å². The molecule has 2 aromatic heterocycles. The van der Waals surface area contributed by atoms with E-state index in [-0.39, 0.29) is 0 Å². The van der Waals surface area contributed by atoms with Crippen molar-refractivity contribution in [2.45, 2.75) is 0 Å². The minimum atomic E-state index is 0.911. The second-order valence-corrected chi connectivity index (χ2v) is 12.8. The zero-order chi connectivity index (χ0) is 30.5. The molecule has 0 aliphatic heterocycles. The molecular weight excluding hydrogens is 577 g/mol. The first-order valence-corrected chi connectivity index (χ1v) is 16.4. The van der Waals surface area contributed by atoms with Gasteiger partial charge in [0.1, 0.15) is 5.58 Å². The number of thiophene rings is 1. The summed E-state index contributed by atoms with van der Waals surface area (Å²) < 4.78 is 8.30. The Morgan fingerprint density at radius 2 is 0.913 bits per heavy atom. The van der Waals surface area contributed by atoms with Gasteiger partial charge in [0.25, 0.3) is 0 Å². The predicted octanol–water partition coefficient (Wildman–Crippen LogP) is 13.1. The minimum absolute atomic E-state index is 0.911. The van der Waals surface area contributed by atoms with Crippen molar-refractivity contribution in [1.29, 1.82) is 0 Å². The van der Waals surface area contributed by atoms with Crippen LogP contribution in [0.15, 0.2) is 174 Å². The fourth-order valence-electron chi connectivity index (χ4n) is 6.67. The molecule has 0 aliphatic rings. The maximum Gasteiger partial charge on any atom is 0.134 e. The van der Waals surface area contributed by atoms with Gasteiger partial charge >= 0.3 is 0 Å². The summed E-state index contributed by atoms with van der Waals surface area (Å²) in [5.41, 5.74) is 13.1. The van der Waals surface area contributed by atoms with Crippen LogP contribution in [-0.4, -0.2) is 0 Å². The smallest absolute Gasteiger partial charge is 0.134 e. The van der Waals surface area contributed by atoms with Crippen molar-refractivity contribution in [2.24, 2.45) is 0 Å². The molecular formula is C44H28OS. The van der Waals surface area contributed by atoms with Crippen LogP contribution in [0.5, 0.6) is 0 Å². The summed E-state index contributed by atoms with van der Waals surface area (Å²) >= 11 is 1.88. The highest BCUT2D eigenvalue weighted by Gasteiger charge is 2.13. The highest BCUT2D eigenvalue weighted by Crippen LogP contribution is 2.42. The van der Waals surface area contributed by atoms with Gasteiger partial charge in [-0.2, -0.15) is 0 Å². The molecule has 0 fully saturated rings. The van der Waals surface area contributed by atoms with Crippen LogP contribution in [0, 0.1) is 0 Å². The van der Waals surface area contributed by atoms with E-state index in [2.05, 4.69) is 152 Å². The van der Waals surface area contributed by atoms with Crippen molar-refractivity contribution in [3.8, 4) is 55.6 Å². The molecule has 0 spiro atoms. The van der Waals surface area contributed by atoms with Crippen molar-refractivity contribution in [2.75, 3.05) is 0 Å². The summed E-state index contributed by atoms with van der Waals surface area (Å²) in [6.07, 6.45) is 1.76. The molecule has 2 heterocycles. The van der Waals surface area contributed by atoms with Gasteiger partial charge in [0, 0.05) is 25.6 Å². The van der Waals surface area contributed by atoms with Crippen LogP contribution in [0.2, 0.25) is 0 Å². The molecule has 0 atom stereocenters. The molecule has 1 nitrogen and oxygen atoms in total. The van der Waals surface area contributed by atoms with Gasteiger partial charge < -0.3 is 4.42 Å². The van der Waals surface area contributed by atoms with E-state index in [9.17, 15) is 0 Å². The predicted molar refractivity (Wildman–Crippen MR) is 196 cm³/mol. The first-order chi connectivity index (χ1) is 22.8. The fourth-order valence-corrected chi connectivity index (χ4v) is 7.89. The second-order valence-electron chi connectivity index (χ2n) is 11.7. The SMILES string of the molecule is c1ccc(-c2ccc(-c3ccc4sc5c(-c6cccc(-c7cccc(-c8cccc9occc89)c7)c6)cccc5c4c3)cc2)cc1. The van der Waals surface area contributed by atoms with Gasteiger partial charge in [-0.15, -0.1) is 11.3 Å². The Hall–Kier alpha value is -5.70. The molecule has 46 heavy (non-hydrogen) atoms. The zero-order valence-electron chi connectivity index (χ0n) is 25.0. The van der Waals surface area contributed by atoms with Gasteiger partial charge in [-0.1, -0.05) is 127 Å². The lowest BCUT2D eigenvalue weighted by atomic mass is 9.94. The van der Waals surface area contributed by atoms with Crippen molar-refractivity contribution >= 4 is 42.5 Å². The molecule has 2 heteroatoms. The molecule has 0 saturated heterocycles. The second kappa shape index (κ2) is 11.0. The van der Waals surface area contributed by atoms with Crippen LogP contribution in [0.25, 0.3) is 86.8 Å². The number of rotatable bonds is 5. The maximum absolute atomic E-state index is 5.67. The van der Waals surface area contributed by atoms with E-state index in [1.807, 2.05) is 23.5 Å². The van der Waals surface area contributed by atoms with E-state index in [4.69, 9.17) is 4.42 Å². The van der Waals surface area contributed by atoms with E-state index in [1.54, 1.807) is 6.26 Å². The third-order valence-electron chi connectivity index (χ3n) is 9.00. The van der Waals surface area contributed by atoms with Crippen LogP contribution in [0.3, 0.4) is 0 Å². The Kier molecular flexibility index (Phi) is 6.40. The number of benzene rings is 7. The zero-order valence-corrected chi connectivity index (χ0v) is 25.8. The molecule has 0 bridgehead atoms. The first-order valence-electron chi connectivity index (χ1n) is 15.6. The monoisotopic (exact) mass is 604 g/mol. The third kappa shape index (κ3) is 4.63. The highest BCUT2D eigenvalue weighted by atomic mass is 32.1. The molecule has 216 valence electrons. The van der Waals surface area contributed by atoms with E-state index in [1.165, 1.54) is 75.8 Å². The van der Waals surface area contributed by atoms with Crippen molar-refractivity contribution in [3.63, 3.8) is 0 Å². The molecule has 0 N–H and O–H groups in total. The normalized spacial score (nSPS) is 11.5. The quantitative estimate of drug-likeness (QED) is 0.190. The van der Waals surface area contributed by atoms with Crippen LogP contribution in [0.4, 0.5) is 0 Å². The van der Waals surface area contributed by atoms with Gasteiger partial charge in [0.05, 0.1) is 6.26 Å². The molecule has 0 aliphatic carbocycles. The minimum Gasteiger partial charge on any atom is -0.464 e. The summed E-state index contributed by atoms with van der Waals surface area (Å²) in [5.74, 6) is 0. The Morgan fingerprint density at radius 3 is 1.70 bits per heavy atom. The van der Waals surface area contributed by atoms with Crippen LogP contribution in [-0.2, 0) is 0 Å². The Bertz CT molecular complexity index is 2520.